The number of aryl methyl sites for hydroxylation is 2. The molecule has 2 aromatic heterocycles. The molecule has 1 aliphatic heterocycles. The van der Waals surface area contributed by atoms with Crippen LogP contribution < -0.4 is 10.2 Å². The Labute approximate surface area is 116 Å². The second kappa shape index (κ2) is 5.13. The average Bonchev–Trinajstić information content (AvgIpc) is 2.98. The molecule has 0 radical (unpaired) electrons. The molecule has 0 bridgehead atoms. The number of nitrogens with one attached hydrogen (secondary N) is 1. The van der Waals surface area contributed by atoms with Crippen molar-refractivity contribution in [2.75, 3.05) is 23.3 Å². The van der Waals surface area contributed by atoms with Gasteiger partial charge in [0.25, 0.3) is 0 Å². The van der Waals surface area contributed by atoms with Crippen LogP contribution in [0.2, 0.25) is 0 Å². The molecule has 1 aliphatic rings. The van der Waals surface area contributed by atoms with Crippen molar-refractivity contribution in [2.24, 2.45) is 0 Å². The SMILES string of the molecule is Cc1ccnc(NC2CCN(c3ncc(C)s3)C2)n1. The summed E-state index contributed by atoms with van der Waals surface area (Å²) >= 11 is 1.75. The highest BCUT2D eigenvalue weighted by atomic mass is 32.1. The van der Waals surface area contributed by atoms with Crippen LogP contribution >= 0.6 is 11.3 Å². The fourth-order valence-corrected chi connectivity index (χ4v) is 3.04. The van der Waals surface area contributed by atoms with Gasteiger partial charge in [-0.05, 0) is 26.3 Å². The summed E-state index contributed by atoms with van der Waals surface area (Å²) in [6, 6.07) is 2.30. The lowest BCUT2D eigenvalue weighted by molar-refractivity contribution is 0.790. The molecular weight excluding hydrogens is 258 g/mol. The topological polar surface area (TPSA) is 53.9 Å². The maximum Gasteiger partial charge on any atom is 0.223 e. The van der Waals surface area contributed by atoms with Gasteiger partial charge in [0, 0.05) is 42.1 Å². The minimum atomic E-state index is 0.394. The molecule has 3 heterocycles. The first-order valence-electron chi connectivity index (χ1n) is 6.44. The summed E-state index contributed by atoms with van der Waals surface area (Å²) < 4.78 is 0. The van der Waals surface area contributed by atoms with Crippen molar-refractivity contribution >= 4 is 22.4 Å². The van der Waals surface area contributed by atoms with E-state index < -0.39 is 0 Å². The Bertz CT molecular complexity index is 568. The van der Waals surface area contributed by atoms with Crippen LogP contribution in [-0.4, -0.2) is 34.1 Å². The molecular formula is C13H17N5S. The van der Waals surface area contributed by atoms with Gasteiger partial charge in [-0.2, -0.15) is 0 Å². The zero-order chi connectivity index (χ0) is 13.2. The van der Waals surface area contributed by atoms with E-state index in [1.807, 2.05) is 19.2 Å². The van der Waals surface area contributed by atoms with Crippen molar-refractivity contribution in [3.8, 4) is 0 Å². The first kappa shape index (κ1) is 12.3. The molecule has 3 rings (SSSR count). The lowest BCUT2D eigenvalue weighted by Gasteiger charge is -2.15. The standard InChI is InChI=1S/C13H17N5S/c1-9-3-5-14-12(16-9)17-11-4-6-18(8-11)13-15-7-10(2)19-13/h3,5,7,11H,4,6,8H2,1-2H3,(H,14,16,17). The fourth-order valence-electron chi connectivity index (χ4n) is 2.24. The highest BCUT2D eigenvalue weighted by Gasteiger charge is 2.24. The molecule has 19 heavy (non-hydrogen) atoms. The third kappa shape index (κ3) is 2.84. The van der Waals surface area contributed by atoms with Gasteiger partial charge in [0.15, 0.2) is 5.13 Å². The molecule has 100 valence electrons. The molecule has 0 aliphatic carbocycles. The van der Waals surface area contributed by atoms with E-state index in [2.05, 4.69) is 32.1 Å². The molecule has 1 N–H and O–H groups in total. The van der Waals surface area contributed by atoms with Crippen molar-refractivity contribution in [3.63, 3.8) is 0 Å². The minimum Gasteiger partial charge on any atom is -0.350 e. The summed E-state index contributed by atoms with van der Waals surface area (Å²) in [6.07, 6.45) is 4.82. The zero-order valence-electron chi connectivity index (χ0n) is 11.1. The fraction of sp³-hybridized carbons (Fsp3) is 0.462. The molecule has 0 saturated carbocycles. The van der Waals surface area contributed by atoms with Crippen LogP contribution in [0.4, 0.5) is 11.1 Å². The largest absolute Gasteiger partial charge is 0.350 e. The van der Waals surface area contributed by atoms with Crippen molar-refractivity contribution in [3.05, 3.63) is 29.0 Å². The molecule has 1 atom stereocenters. The Kier molecular flexibility index (Phi) is 3.33. The summed E-state index contributed by atoms with van der Waals surface area (Å²) in [4.78, 5) is 16.7. The maximum atomic E-state index is 4.44. The third-order valence-corrected chi connectivity index (χ3v) is 4.17. The van der Waals surface area contributed by atoms with Gasteiger partial charge in [-0.15, -0.1) is 11.3 Å². The number of aromatic nitrogens is 3. The summed E-state index contributed by atoms with van der Waals surface area (Å²) in [5.41, 5.74) is 0.989. The first-order valence-corrected chi connectivity index (χ1v) is 7.26. The monoisotopic (exact) mass is 275 g/mol. The van der Waals surface area contributed by atoms with E-state index >= 15 is 0 Å². The second-order valence-corrected chi connectivity index (χ2v) is 6.06. The van der Waals surface area contributed by atoms with Gasteiger partial charge in [-0.3, -0.25) is 0 Å². The predicted octanol–water partition coefficient (Wildman–Crippen LogP) is 2.24. The Morgan fingerprint density at radius 1 is 1.37 bits per heavy atom. The number of rotatable bonds is 3. The molecule has 0 amide bonds. The van der Waals surface area contributed by atoms with Crippen LogP contribution in [0, 0.1) is 13.8 Å². The van der Waals surface area contributed by atoms with Crippen LogP contribution in [0.25, 0.3) is 0 Å². The van der Waals surface area contributed by atoms with E-state index in [-0.39, 0.29) is 0 Å². The number of nitrogens with zero attached hydrogens (tertiary/aromatic N) is 4. The van der Waals surface area contributed by atoms with E-state index in [4.69, 9.17) is 0 Å². The quantitative estimate of drug-likeness (QED) is 0.931. The van der Waals surface area contributed by atoms with Crippen molar-refractivity contribution in [2.45, 2.75) is 26.3 Å². The third-order valence-electron chi connectivity index (χ3n) is 3.20. The molecule has 2 aromatic rings. The number of hydrogen-bond donors (Lipinski definition) is 1. The smallest absolute Gasteiger partial charge is 0.223 e. The van der Waals surface area contributed by atoms with Crippen molar-refractivity contribution in [1.29, 1.82) is 0 Å². The van der Waals surface area contributed by atoms with Crippen LogP contribution in [0.3, 0.4) is 0 Å². The normalized spacial score (nSPS) is 18.8. The Morgan fingerprint density at radius 2 is 2.26 bits per heavy atom. The van der Waals surface area contributed by atoms with Crippen molar-refractivity contribution in [1.82, 2.24) is 15.0 Å². The zero-order valence-corrected chi connectivity index (χ0v) is 11.9. The van der Waals surface area contributed by atoms with Crippen LogP contribution in [0.5, 0.6) is 0 Å². The summed E-state index contributed by atoms with van der Waals surface area (Å²) in [5, 5.41) is 4.52. The first-order chi connectivity index (χ1) is 9.20. The van der Waals surface area contributed by atoms with Gasteiger partial charge in [-0.25, -0.2) is 15.0 Å². The molecule has 1 saturated heterocycles. The maximum absolute atomic E-state index is 4.44. The van der Waals surface area contributed by atoms with E-state index in [1.54, 1.807) is 17.5 Å². The molecule has 5 nitrogen and oxygen atoms in total. The van der Waals surface area contributed by atoms with Crippen LogP contribution in [0.15, 0.2) is 18.5 Å². The van der Waals surface area contributed by atoms with Crippen molar-refractivity contribution < 1.29 is 0 Å². The highest BCUT2D eigenvalue weighted by Crippen LogP contribution is 2.26. The number of hydrogen-bond acceptors (Lipinski definition) is 6. The predicted molar refractivity (Wildman–Crippen MR) is 77.9 cm³/mol. The van der Waals surface area contributed by atoms with E-state index in [1.165, 1.54) is 4.88 Å². The van der Waals surface area contributed by atoms with E-state index in [9.17, 15) is 0 Å². The van der Waals surface area contributed by atoms with E-state index in [0.717, 1.165) is 36.3 Å². The van der Waals surface area contributed by atoms with Gasteiger partial charge in [-0.1, -0.05) is 0 Å². The molecule has 0 aromatic carbocycles. The summed E-state index contributed by atoms with van der Waals surface area (Å²) in [7, 11) is 0. The van der Waals surface area contributed by atoms with Gasteiger partial charge in [0.1, 0.15) is 0 Å². The Morgan fingerprint density at radius 3 is 3.00 bits per heavy atom. The molecule has 0 spiro atoms. The number of anilines is 2. The molecule has 1 fully saturated rings. The Balaban J connectivity index is 1.63. The molecule has 1 unspecified atom stereocenters. The average molecular weight is 275 g/mol. The lowest BCUT2D eigenvalue weighted by Crippen LogP contribution is -2.26. The van der Waals surface area contributed by atoms with Gasteiger partial charge >= 0.3 is 0 Å². The van der Waals surface area contributed by atoms with Gasteiger partial charge in [0.2, 0.25) is 5.95 Å². The summed E-state index contributed by atoms with van der Waals surface area (Å²) in [5.74, 6) is 0.724. The van der Waals surface area contributed by atoms with Gasteiger partial charge in [0.05, 0.1) is 0 Å². The van der Waals surface area contributed by atoms with Crippen LogP contribution in [0.1, 0.15) is 17.0 Å². The van der Waals surface area contributed by atoms with Gasteiger partial charge < -0.3 is 10.2 Å². The highest BCUT2D eigenvalue weighted by molar-refractivity contribution is 7.15. The molecule has 6 heteroatoms. The van der Waals surface area contributed by atoms with Crippen LogP contribution in [-0.2, 0) is 0 Å². The Hall–Kier alpha value is -1.69. The second-order valence-electron chi connectivity index (χ2n) is 4.85. The van der Waals surface area contributed by atoms with E-state index in [0.29, 0.717) is 6.04 Å². The lowest BCUT2D eigenvalue weighted by atomic mass is 10.3. The summed E-state index contributed by atoms with van der Waals surface area (Å²) in [6.45, 7) is 6.07. The number of thiazole rings is 1. The minimum absolute atomic E-state index is 0.394.